The summed E-state index contributed by atoms with van der Waals surface area (Å²) in [6.45, 7) is 2.74. The first-order chi connectivity index (χ1) is 8.86. The maximum Gasteiger partial charge on any atom is 0.240 e. The normalized spacial score (nSPS) is 14.9. The van der Waals surface area contributed by atoms with Crippen LogP contribution in [0.1, 0.15) is 31.2 Å². The van der Waals surface area contributed by atoms with Gasteiger partial charge in [0.15, 0.2) is 0 Å². The van der Waals surface area contributed by atoms with Crippen molar-refractivity contribution in [2.75, 3.05) is 0 Å². The van der Waals surface area contributed by atoms with Crippen molar-refractivity contribution < 1.29 is 4.52 Å². The molecule has 2 heterocycles. The average molecular weight is 244 g/mol. The third kappa shape index (κ3) is 2.41. The quantitative estimate of drug-likeness (QED) is 0.870. The average Bonchev–Trinajstić information content (AvgIpc) is 3.13. The van der Waals surface area contributed by atoms with E-state index < -0.39 is 0 Å². The molecule has 1 aliphatic carbocycles. The highest BCUT2D eigenvalue weighted by Gasteiger charge is 2.21. The van der Waals surface area contributed by atoms with Gasteiger partial charge in [-0.25, -0.2) is 0 Å². The summed E-state index contributed by atoms with van der Waals surface area (Å²) in [5, 5.41) is 7.35. The number of hydrogen-bond donors (Lipinski definition) is 1. The van der Waals surface area contributed by atoms with Gasteiger partial charge in [-0.3, -0.25) is 4.98 Å². The summed E-state index contributed by atoms with van der Waals surface area (Å²) in [6.07, 6.45) is 5.17. The van der Waals surface area contributed by atoms with E-state index in [1.807, 2.05) is 12.1 Å². The van der Waals surface area contributed by atoms with Crippen LogP contribution in [0.15, 0.2) is 22.9 Å². The molecule has 94 valence electrons. The molecule has 0 bridgehead atoms. The molecule has 0 spiro atoms. The molecule has 1 aliphatic rings. The molecule has 0 aromatic carbocycles. The van der Waals surface area contributed by atoms with E-state index in [9.17, 15) is 0 Å². The Bertz CT molecular complexity index is 533. The first-order valence-corrected chi connectivity index (χ1v) is 6.37. The summed E-state index contributed by atoms with van der Waals surface area (Å²) in [7, 11) is 0. The van der Waals surface area contributed by atoms with Crippen molar-refractivity contribution in [2.24, 2.45) is 0 Å². The monoisotopic (exact) mass is 244 g/mol. The van der Waals surface area contributed by atoms with Gasteiger partial charge in [0.2, 0.25) is 11.7 Å². The van der Waals surface area contributed by atoms with Gasteiger partial charge in [0.05, 0.1) is 6.54 Å². The zero-order chi connectivity index (χ0) is 12.4. The zero-order valence-electron chi connectivity index (χ0n) is 10.4. The van der Waals surface area contributed by atoms with Gasteiger partial charge in [0.1, 0.15) is 5.69 Å². The second kappa shape index (κ2) is 4.86. The van der Waals surface area contributed by atoms with Crippen LogP contribution in [-0.2, 0) is 13.0 Å². The fourth-order valence-corrected chi connectivity index (χ4v) is 1.87. The first kappa shape index (κ1) is 11.3. The van der Waals surface area contributed by atoms with Crippen LogP contribution in [0.4, 0.5) is 0 Å². The molecule has 0 aliphatic heterocycles. The molecule has 1 fully saturated rings. The Kier molecular flexibility index (Phi) is 3.06. The molecular formula is C13H16N4O. The van der Waals surface area contributed by atoms with Crippen molar-refractivity contribution in [3.8, 4) is 11.5 Å². The van der Waals surface area contributed by atoms with Crippen molar-refractivity contribution in [2.45, 2.75) is 38.8 Å². The van der Waals surface area contributed by atoms with Gasteiger partial charge in [-0.15, -0.1) is 0 Å². The molecule has 0 saturated heterocycles. The Labute approximate surface area is 106 Å². The van der Waals surface area contributed by atoms with Gasteiger partial charge in [0, 0.05) is 12.2 Å². The van der Waals surface area contributed by atoms with Crippen molar-refractivity contribution in [3.05, 3.63) is 29.8 Å². The molecule has 5 nitrogen and oxygen atoms in total. The highest BCUT2D eigenvalue weighted by Crippen LogP contribution is 2.20. The van der Waals surface area contributed by atoms with Crippen molar-refractivity contribution in [1.82, 2.24) is 20.4 Å². The summed E-state index contributed by atoms with van der Waals surface area (Å²) >= 11 is 0. The fourth-order valence-electron chi connectivity index (χ4n) is 1.87. The Hall–Kier alpha value is -1.75. The van der Waals surface area contributed by atoms with Crippen molar-refractivity contribution >= 4 is 0 Å². The predicted molar refractivity (Wildman–Crippen MR) is 66.8 cm³/mol. The summed E-state index contributed by atoms with van der Waals surface area (Å²) in [4.78, 5) is 8.72. The van der Waals surface area contributed by atoms with Crippen LogP contribution in [-0.4, -0.2) is 21.2 Å². The molecule has 1 saturated carbocycles. The van der Waals surface area contributed by atoms with Crippen molar-refractivity contribution in [1.29, 1.82) is 0 Å². The second-order valence-corrected chi connectivity index (χ2v) is 4.53. The van der Waals surface area contributed by atoms with Crippen LogP contribution in [0.3, 0.4) is 0 Å². The maximum absolute atomic E-state index is 5.23. The van der Waals surface area contributed by atoms with Gasteiger partial charge < -0.3 is 9.84 Å². The Balaban J connectivity index is 1.78. The SMILES string of the molecule is CCc1cccnc1-c1noc(CNC2CC2)n1. The lowest BCUT2D eigenvalue weighted by Crippen LogP contribution is -2.15. The smallest absolute Gasteiger partial charge is 0.240 e. The van der Waals surface area contributed by atoms with Gasteiger partial charge in [0.25, 0.3) is 0 Å². The lowest BCUT2D eigenvalue weighted by atomic mass is 10.1. The van der Waals surface area contributed by atoms with Crippen LogP contribution in [0.25, 0.3) is 11.5 Å². The number of nitrogens with one attached hydrogen (secondary N) is 1. The number of nitrogens with zero attached hydrogens (tertiary/aromatic N) is 3. The molecule has 3 rings (SSSR count). The minimum atomic E-state index is 0.583. The van der Waals surface area contributed by atoms with Gasteiger partial charge >= 0.3 is 0 Å². The molecule has 5 heteroatoms. The number of pyridine rings is 1. The number of aryl methyl sites for hydroxylation is 1. The summed E-state index contributed by atoms with van der Waals surface area (Å²) in [5.74, 6) is 1.21. The lowest BCUT2D eigenvalue weighted by molar-refractivity contribution is 0.367. The molecule has 0 amide bonds. The molecule has 0 atom stereocenters. The summed E-state index contributed by atoms with van der Waals surface area (Å²) in [5.41, 5.74) is 1.96. The van der Waals surface area contributed by atoms with Crippen LogP contribution in [0, 0.1) is 0 Å². The molecule has 1 N–H and O–H groups in total. The van der Waals surface area contributed by atoms with Crippen LogP contribution in [0.5, 0.6) is 0 Å². The number of rotatable bonds is 5. The largest absolute Gasteiger partial charge is 0.337 e. The number of hydrogen-bond acceptors (Lipinski definition) is 5. The Morgan fingerprint density at radius 1 is 1.44 bits per heavy atom. The summed E-state index contributed by atoms with van der Waals surface area (Å²) < 4.78 is 5.23. The van der Waals surface area contributed by atoms with Crippen LogP contribution < -0.4 is 5.32 Å². The van der Waals surface area contributed by atoms with Crippen molar-refractivity contribution in [3.63, 3.8) is 0 Å². The molecule has 2 aromatic rings. The molecule has 0 unspecified atom stereocenters. The van der Waals surface area contributed by atoms with E-state index in [2.05, 4.69) is 27.4 Å². The second-order valence-electron chi connectivity index (χ2n) is 4.53. The van der Waals surface area contributed by atoms with Gasteiger partial charge in [-0.1, -0.05) is 18.1 Å². The molecule has 2 aromatic heterocycles. The Morgan fingerprint density at radius 3 is 3.11 bits per heavy atom. The highest BCUT2D eigenvalue weighted by molar-refractivity contribution is 5.53. The van der Waals surface area contributed by atoms with Crippen LogP contribution >= 0.6 is 0 Å². The standard InChI is InChI=1S/C13H16N4O/c1-2-9-4-3-7-14-12(9)13-16-11(18-17-13)8-15-10-5-6-10/h3-4,7,10,15H,2,5-6,8H2,1H3. The van der Waals surface area contributed by atoms with E-state index >= 15 is 0 Å². The third-order valence-electron chi connectivity index (χ3n) is 3.07. The maximum atomic E-state index is 5.23. The summed E-state index contributed by atoms with van der Waals surface area (Å²) in [6, 6.07) is 4.61. The van der Waals surface area contributed by atoms with E-state index in [4.69, 9.17) is 4.52 Å². The molecular weight excluding hydrogens is 228 g/mol. The van der Waals surface area contributed by atoms with E-state index in [0.717, 1.165) is 17.7 Å². The van der Waals surface area contributed by atoms with Gasteiger partial charge in [-0.2, -0.15) is 4.98 Å². The van der Waals surface area contributed by atoms with E-state index in [0.29, 0.717) is 24.3 Å². The Morgan fingerprint density at radius 2 is 2.33 bits per heavy atom. The highest BCUT2D eigenvalue weighted by atomic mass is 16.5. The van der Waals surface area contributed by atoms with E-state index in [1.54, 1.807) is 6.20 Å². The molecule has 0 radical (unpaired) electrons. The van der Waals surface area contributed by atoms with Gasteiger partial charge in [-0.05, 0) is 30.9 Å². The zero-order valence-corrected chi connectivity index (χ0v) is 10.4. The minimum Gasteiger partial charge on any atom is -0.337 e. The van der Waals surface area contributed by atoms with E-state index in [-0.39, 0.29) is 0 Å². The molecule has 18 heavy (non-hydrogen) atoms. The van der Waals surface area contributed by atoms with Crippen LogP contribution in [0.2, 0.25) is 0 Å². The predicted octanol–water partition coefficient (Wildman–Crippen LogP) is 1.95. The third-order valence-corrected chi connectivity index (χ3v) is 3.07. The lowest BCUT2D eigenvalue weighted by Gasteiger charge is -2.00. The minimum absolute atomic E-state index is 0.583. The fraction of sp³-hybridized carbons (Fsp3) is 0.462. The first-order valence-electron chi connectivity index (χ1n) is 6.37. The number of aromatic nitrogens is 3. The van der Waals surface area contributed by atoms with E-state index in [1.165, 1.54) is 12.8 Å². The topological polar surface area (TPSA) is 63.8 Å².